The maximum absolute atomic E-state index is 2.42. The monoisotopic (exact) mass is 232 g/mol. The molecule has 0 amide bonds. The average molecular weight is 232 g/mol. The van der Waals surface area contributed by atoms with Crippen LogP contribution in [0, 0.1) is 0 Å². The average Bonchev–Trinajstić information content (AvgIpc) is 2.64. The Bertz CT molecular complexity index is 226. The Morgan fingerprint density at radius 2 is 2.23 bits per heavy atom. The van der Waals surface area contributed by atoms with E-state index >= 15 is 0 Å². The van der Waals surface area contributed by atoms with E-state index in [1.54, 1.807) is 9.81 Å². The number of hydrogen-bond donors (Lipinski definition) is 0. The third kappa shape index (κ3) is 2.42. The minimum absolute atomic E-state index is 0.501. The smallest absolute Gasteiger partial charge is 0.0627 e. The Labute approximate surface area is 93.7 Å². The SMILES string of the molecule is CC1=C(SC2(C)CCCS2)CCS1. The van der Waals surface area contributed by atoms with E-state index in [2.05, 4.69) is 37.4 Å². The van der Waals surface area contributed by atoms with Gasteiger partial charge in [0.2, 0.25) is 0 Å². The van der Waals surface area contributed by atoms with Crippen LogP contribution >= 0.6 is 35.3 Å². The zero-order chi connectivity index (χ0) is 9.31. The van der Waals surface area contributed by atoms with E-state index in [0.29, 0.717) is 4.08 Å². The quantitative estimate of drug-likeness (QED) is 0.695. The molecule has 0 aromatic heterocycles. The maximum atomic E-state index is 2.42. The van der Waals surface area contributed by atoms with E-state index in [1.807, 2.05) is 11.8 Å². The standard InChI is InChI=1S/C10H16S3/c1-8-9(4-7-11-8)13-10(2)5-3-6-12-10/h3-7H2,1-2H3. The first-order valence-electron chi connectivity index (χ1n) is 4.85. The van der Waals surface area contributed by atoms with Crippen LogP contribution in [0.15, 0.2) is 9.81 Å². The Balaban J connectivity index is 2.00. The van der Waals surface area contributed by atoms with Crippen molar-refractivity contribution in [1.82, 2.24) is 0 Å². The lowest BCUT2D eigenvalue weighted by atomic mass is 10.3. The first-order valence-corrected chi connectivity index (χ1v) is 7.64. The molecule has 74 valence electrons. The second kappa shape index (κ2) is 4.11. The van der Waals surface area contributed by atoms with E-state index < -0.39 is 0 Å². The van der Waals surface area contributed by atoms with Crippen molar-refractivity contribution >= 4 is 35.3 Å². The number of rotatable bonds is 2. The molecule has 2 heterocycles. The molecule has 0 aliphatic carbocycles. The molecule has 0 N–H and O–H groups in total. The van der Waals surface area contributed by atoms with Crippen molar-refractivity contribution in [3.05, 3.63) is 9.81 Å². The molecule has 0 aromatic rings. The summed E-state index contributed by atoms with van der Waals surface area (Å²) < 4.78 is 0.501. The van der Waals surface area contributed by atoms with Gasteiger partial charge in [-0.1, -0.05) is 0 Å². The van der Waals surface area contributed by atoms with Gasteiger partial charge in [-0.25, -0.2) is 0 Å². The molecule has 1 saturated heterocycles. The van der Waals surface area contributed by atoms with Gasteiger partial charge in [0.15, 0.2) is 0 Å². The highest BCUT2D eigenvalue weighted by atomic mass is 32.2. The van der Waals surface area contributed by atoms with Crippen LogP contribution in [-0.4, -0.2) is 15.6 Å². The van der Waals surface area contributed by atoms with Gasteiger partial charge in [0.05, 0.1) is 4.08 Å². The molecule has 0 saturated carbocycles. The Kier molecular flexibility index (Phi) is 3.26. The summed E-state index contributed by atoms with van der Waals surface area (Å²) in [6, 6.07) is 0. The normalized spacial score (nSPS) is 34.6. The second-order valence-electron chi connectivity index (χ2n) is 3.77. The van der Waals surface area contributed by atoms with Gasteiger partial charge in [-0.2, -0.15) is 0 Å². The summed E-state index contributed by atoms with van der Waals surface area (Å²) >= 11 is 6.34. The highest BCUT2D eigenvalue weighted by molar-refractivity contribution is 8.20. The van der Waals surface area contributed by atoms with Gasteiger partial charge in [-0.3, -0.25) is 0 Å². The minimum Gasteiger partial charge on any atom is -0.144 e. The molecule has 0 aromatic carbocycles. The lowest BCUT2D eigenvalue weighted by molar-refractivity contribution is 0.795. The fourth-order valence-corrected chi connectivity index (χ4v) is 5.99. The van der Waals surface area contributed by atoms with E-state index in [0.717, 1.165) is 0 Å². The maximum Gasteiger partial charge on any atom is 0.0627 e. The van der Waals surface area contributed by atoms with Crippen molar-refractivity contribution in [3.63, 3.8) is 0 Å². The van der Waals surface area contributed by atoms with Crippen LogP contribution in [0.1, 0.15) is 33.1 Å². The summed E-state index contributed by atoms with van der Waals surface area (Å²) in [5.41, 5.74) is 0. The molecular formula is C10H16S3. The molecule has 0 radical (unpaired) electrons. The Morgan fingerprint density at radius 3 is 2.77 bits per heavy atom. The Morgan fingerprint density at radius 1 is 1.38 bits per heavy atom. The fourth-order valence-electron chi connectivity index (χ4n) is 1.77. The third-order valence-electron chi connectivity index (χ3n) is 2.56. The van der Waals surface area contributed by atoms with Gasteiger partial charge in [-0.05, 0) is 48.7 Å². The Hall–Kier alpha value is 0.790. The molecule has 1 fully saturated rings. The van der Waals surface area contributed by atoms with Gasteiger partial charge < -0.3 is 0 Å². The molecule has 2 rings (SSSR count). The van der Waals surface area contributed by atoms with Crippen molar-refractivity contribution in [2.75, 3.05) is 11.5 Å². The number of hydrogen-bond acceptors (Lipinski definition) is 3. The van der Waals surface area contributed by atoms with E-state index in [4.69, 9.17) is 0 Å². The van der Waals surface area contributed by atoms with Gasteiger partial charge in [-0.15, -0.1) is 35.3 Å². The minimum atomic E-state index is 0.501. The molecule has 3 heteroatoms. The summed E-state index contributed by atoms with van der Waals surface area (Å²) in [6.07, 6.45) is 4.12. The lowest BCUT2D eigenvalue weighted by Gasteiger charge is -2.22. The van der Waals surface area contributed by atoms with Crippen molar-refractivity contribution < 1.29 is 0 Å². The van der Waals surface area contributed by atoms with Crippen LogP contribution in [0.3, 0.4) is 0 Å². The largest absolute Gasteiger partial charge is 0.144 e. The van der Waals surface area contributed by atoms with Crippen LogP contribution in [0.2, 0.25) is 0 Å². The molecule has 0 nitrogen and oxygen atoms in total. The second-order valence-corrected chi connectivity index (χ2v) is 8.53. The van der Waals surface area contributed by atoms with Gasteiger partial charge in [0.1, 0.15) is 0 Å². The van der Waals surface area contributed by atoms with Crippen LogP contribution in [0.5, 0.6) is 0 Å². The summed E-state index contributed by atoms with van der Waals surface area (Å²) in [6.45, 7) is 4.70. The van der Waals surface area contributed by atoms with E-state index in [9.17, 15) is 0 Å². The zero-order valence-corrected chi connectivity index (χ0v) is 10.7. The molecule has 1 atom stereocenters. The highest BCUT2D eigenvalue weighted by Crippen LogP contribution is 2.53. The van der Waals surface area contributed by atoms with Gasteiger partial charge >= 0.3 is 0 Å². The van der Waals surface area contributed by atoms with Gasteiger partial charge in [0, 0.05) is 5.75 Å². The summed E-state index contributed by atoms with van der Waals surface area (Å²) in [7, 11) is 0. The predicted octanol–water partition coefficient (Wildman–Crippen LogP) is 4.33. The van der Waals surface area contributed by atoms with Crippen molar-refractivity contribution in [2.24, 2.45) is 0 Å². The first kappa shape index (κ1) is 10.3. The molecule has 2 aliphatic heterocycles. The predicted molar refractivity (Wildman–Crippen MR) is 67.5 cm³/mol. The molecule has 0 bridgehead atoms. The molecule has 13 heavy (non-hydrogen) atoms. The van der Waals surface area contributed by atoms with Crippen molar-refractivity contribution in [1.29, 1.82) is 0 Å². The highest BCUT2D eigenvalue weighted by Gasteiger charge is 2.32. The van der Waals surface area contributed by atoms with Crippen LogP contribution in [-0.2, 0) is 0 Å². The third-order valence-corrected chi connectivity index (χ3v) is 7.08. The molecular weight excluding hydrogens is 216 g/mol. The lowest BCUT2D eigenvalue weighted by Crippen LogP contribution is -2.09. The zero-order valence-electron chi connectivity index (χ0n) is 8.26. The van der Waals surface area contributed by atoms with Crippen molar-refractivity contribution in [2.45, 2.75) is 37.2 Å². The number of thioether (sulfide) groups is 3. The van der Waals surface area contributed by atoms with Crippen molar-refractivity contribution in [3.8, 4) is 0 Å². The summed E-state index contributed by atoms with van der Waals surface area (Å²) in [4.78, 5) is 3.25. The first-order chi connectivity index (χ1) is 6.20. The van der Waals surface area contributed by atoms with Crippen LogP contribution in [0.4, 0.5) is 0 Å². The van der Waals surface area contributed by atoms with Crippen LogP contribution in [0.25, 0.3) is 0 Å². The summed E-state index contributed by atoms with van der Waals surface area (Å²) in [5, 5.41) is 0. The van der Waals surface area contributed by atoms with E-state index in [-0.39, 0.29) is 0 Å². The van der Waals surface area contributed by atoms with Gasteiger partial charge in [0.25, 0.3) is 0 Å². The molecule has 1 unspecified atom stereocenters. The van der Waals surface area contributed by atoms with E-state index in [1.165, 1.54) is 30.8 Å². The molecule has 2 aliphatic rings. The van der Waals surface area contributed by atoms with Crippen LogP contribution < -0.4 is 0 Å². The number of allylic oxidation sites excluding steroid dienone is 2. The fraction of sp³-hybridized carbons (Fsp3) is 0.800. The summed E-state index contributed by atoms with van der Waals surface area (Å²) in [5.74, 6) is 2.68. The topological polar surface area (TPSA) is 0 Å². The molecule has 0 spiro atoms.